The van der Waals surface area contributed by atoms with Crippen LogP contribution in [0.2, 0.25) is 0 Å². The third-order valence-electron chi connectivity index (χ3n) is 2.49. The number of nitrogens with one attached hydrogen (secondary N) is 1. The zero-order valence-electron chi connectivity index (χ0n) is 11.9. The number of aromatic nitrogens is 1. The standard InChI is InChI=1S/C13H14N2O.C3H8/c1-14-13-8-12(6-7-15-13)11-4-2-10(9-16)3-5-11;1-3-2/h2-8,16H,9H2,1H3,(H,14,15);3H2,1-2H3. The number of hydrogen-bond donors (Lipinski definition) is 2. The van der Waals surface area contributed by atoms with E-state index in [2.05, 4.69) is 24.1 Å². The second-order valence-electron chi connectivity index (χ2n) is 4.24. The van der Waals surface area contributed by atoms with Crippen LogP contribution in [0.4, 0.5) is 5.82 Å². The van der Waals surface area contributed by atoms with E-state index in [0.717, 1.165) is 22.5 Å². The largest absolute Gasteiger partial charge is 0.392 e. The van der Waals surface area contributed by atoms with Gasteiger partial charge in [0.15, 0.2) is 0 Å². The number of aliphatic hydroxyl groups excluding tert-OH is 1. The molecule has 0 bridgehead atoms. The molecule has 0 spiro atoms. The highest BCUT2D eigenvalue weighted by Gasteiger charge is 1.99. The van der Waals surface area contributed by atoms with Gasteiger partial charge in [-0.1, -0.05) is 44.5 Å². The highest BCUT2D eigenvalue weighted by Crippen LogP contribution is 2.21. The van der Waals surface area contributed by atoms with Crippen molar-refractivity contribution in [2.75, 3.05) is 12.4 Å². The molecule has 3 nitrogen and oxygen atoms in total. The Hall–Kier alpha value is -1.87. The van der Waals surface area contributed by atoms with Gasteiger partial charge in [0.05, 0.1) is 6.61 Å². The Kier molecular flexibility index (Phi) is 6.61. The quantitative estimate of drug-likeness (QED) is 0.882. The molecule has 0 saturated heterocycles. The van der Waals surface area contributed by atoms with Gasteiger partial charge in [0.2, 0.25) is 0 Å². The van der Waals surface area contributed by atoms with E-state index in [1.54, 1.807) is 6.20 Å². The topological polar surface area (TPSA) is 45.1 Å². The monoisotopic (exact) mass is 258 g/mol. The smallest absolute Gasteiger partial charge is 0.126 e. The lowest BCUT2D eigenvalue weighted by atomic mass is 10.1. The van der Waals surface area contributed by atoms with Crippen molar-refractivity contribution in [3.63, 3.8) is 0 Å². The summed E-state index contributed by atoms with van der Waals surface area (Å²) < 4.78 is 0. The number of nitrogens with zero attached hydrogens (tertiary/aromatic N) is 1. The molecule has 1 heterocycles. The first kappa shape index (κ1) is 15.2. The summed E-state index contributed by atoms with van der Waals surface area (Å²) in [6.45, 7) is 4.33. The van der Waals surface area contributed by atoms with Crippen LogP contribution < -0.4 is 5.32 Å². The maximum Gasteiger partial charge on any atom is 0.126 e. The molecular weight excluding hydrogens is 236 g/mol. The fourth-order valence-corrected chi connectivity index (χ4v) is 1.55. The van der Waals surface area contributed by atoms with Crippen LogP contribution in [0.3, 0.4) is 0 Å². The average molecular weight is 258 g/mol. The number of hydrogen-bond acceptors (Lipinski definition) is 3. The molecule has 0 amide bonds. The van der Waals surface area contributed by atoms with E-state index in [1.807, 2.05) is 43.4 Å². The third kappa shape index (κ3) is 4.72. The summed E-state index contributed by atoms with van der Waals surface area (Å²) in [7, 11) is 1.85. The zero-order chi connectivity index (χ0) is 14.1. The number of rotatable bonds is 3. The van der Waals surface area contributed by atoms with Gasteiger partial charge in [0.25, 0.3) is 0 Å². The highest BCUT2D eigenvalue weighted by molar-refractivity contribution is 5.66. The molecule has 0 atom stereocenters. The van der Waals surface area contributed by atoms with E-state index in [1.165, 1.54) is 6.42 Å². The lowest BCUT2D eigenvalue weighted by molar-refractivity contribution is 0.282. The second-order valence-corrected chi connectivity index (χ2v) is 4.24. The van der Waals surface area contributed by atoms with Gasteiger partial charge in [-0.25, -0.2) is 4.98 Å². The molecule has 2 rings (SSSR count). The summed E-state index contributed by atoms with van der Waals surface area (Å²) in [5.74, 6) is 0.851. The molecule has 102 valence electrons. The Balaban J connectivity index is 0.000000550. The molecule has 3 heteroatoms. The lowest BCUT2D eigenvalue weighted by Gasteiger charge is -2.05. The lowest BCUT2D eigenvalue weighted by Crippen LogP contribution is -1.91. The summed E-state index contributed by atoms with van der Waals surface area (Å²) >= 11 is 0. The van der Waals surface area contributed by atoms with Gasteiger partial charge in [-0.05, 0) is 28.8 Å². The Morgan fingerprint density at radius 2 is 1.68 bits per heavy atom. The van der Waals surface area contributed by atoms with Crippen molar-refractivity contribution in [2.24, 2.45) is 0 Å². The van der Waals surface area contributed by atoms with E-state index >= 15 is 0 Å². The van der Waals surface area contributed by atoms with Crippen LogP contribution in [0.1, 0.15) is 25.8 Å². The molecule has 0 unspecified atom stereocenters. The van der Waals surface area contributed by atoms with Gasteiger partial charge in [-0.3, -0.25) is 0 Å². The van der Waals surface area contributed by atoms with Gasteiger partial charge < -0.3 is 10.4 Å². The maximum atomic E-state index is 8.96. The molecule has 1 aromatic heterocycles. The van der Waals surface area contributed by atoms with E-state index in [4.69, 9.17) is 5.11 Å². The fraction of sp³-hybridized carbons (Fsp3) is 0.312. The van der Waals surface area contributed by atoms with Crippen LogP contribution in [0.15, 0.2) is 42.6 Å². The van der Waals surface area contributed by atoms with Gasteiger partial charge in [0.1, 0.15) is 5.82 Å². The Morgan fingerprint density at radius 1 is 1.05 bits per heavy atom. The van der Waals surface area contributed by atoms with Crippen molar-refractivity contribution in [3.8, 4) is 11.1 Å². The molecule has 2 aromatic rings. The highest BCUT2D eigenvalue weighted by atomic mass is 16.3. The molecule has 0 radical (unpaired) electrons. The minimum atomic E-state index is 0.0817. The Bertz CT molecular complexity index is 480. The summed E-state index contributed by atoms with van der Waals surface area (Å²) in [6.07, 6.45) is 3.03. The van der Waals surface area contributed by atoms with Crippen molar-refractivity contribution in [1.29, 1.82) is 0 Å². The van der Waals surface area contributed by atoms with Crippen LogP contribution >= 0.6 is 0 Å². The van der Waals surface area contributed by atoms with Crippen molar-refractivity contribution < 1.29 is 5.11 Å². The van der Waals surface area contributed by atoms with Gasteiger partial charge in [-0.2, -0.15) is 0 Å². The molecule has 0 saturated carbocycles. The van der Waals surface area contributed by atoms with E-state index < -0.39 is 0 Å². The van der Waals surface area contributed by atoms with E-state index in [-0.39, 0.29) is 6.61 Å². The summed E-state index contributed by atoms with van der Waals surface area (Å²) in [5, 5.41) is 12.0. The third-order valence-corrected chi connectivity index (χ3v) is 2.49. The summed E-state index contributed by atoms with van der Waals surface area (Å²) in [6, 6.07) is 11.8. The van der Waals surface area contributed by atoms with Crippen molar-refractivity contribution in [2.45, 2.75) is 26.9 Å². The molecule has 19 heavy (non-hydrogen) atoms. The number of benzene rings is 1. The van der Waals surface area contributed by atoms with E-state index in [0.29, 0.717) is 0 Å². The van der Waals surface area contributed by atoms with Crippen molar-refractivity contribution in [3.05, 3.63) is 48.2 Å². The fourth-order valence-electron chi connectivity index (χ4n) is 1.55. The second kappa shape index (κ2) is 8.27. The number of aliphatic hydroxyl groups is 1. The van der Waals surface area contributed by atoms with Crippen LogP contribution in [0.25, 0.3) is 11.1 Å². The number of anilines is 1. The molecule has 2 N–H and O–H groups in total. The van der Waals surface area contributed by atoms with Crippen molar-refractivity contribution in [1.82, 2.24) is 4.98 Å². The molecule has 0 aliphatic heterocycles. The maximum absolute atomic E-state index is 8.96. The first-order valence-electron chi connectivity index (χ1n) is 6.59. The predicted molar refractivity (Wildman–Crippen MR) is 81.1 cm³/mol. The zero-order valence-corrected chi connectivity index (χ0v) is 11.9. The minimum absolute atomic E-state index is 0.0817. The Morgan fingerprint density at radius 3 is 2.21 bits per heavy atom. The minimum Gasteiger partial charge on any atom is -0.392 e. The Labute approximate surface area is 115 Å². The molecular formula is C16H22N2O. The molecule has 1 aromatic carbocycles. The molecule has 0 fully saturated rings. The van der Waals surface area contributed by atoms with Crippen LogP contribution in [0, 0.1) is 0 Å². The van der Waals surface area contributed by atoms with Gasteiger partial charge >= 0.3 is 0 Å². The van der Waals surface area contributed by atoms with Gasteiger partial charge in [0, 0.05) is 13.2 Å². The first-order valence-corrected chi connectivity index (χ1v) is 6.59. The summed E-state index contributed by atoms with van der Waals surface area (Å²) in [4.78, 5) is 4.17. The van der Waals surface area contributed by atoms with E-state index in [9.17, 15) is 0 Å². The normalized spacial score (nSPS) is 9.47. The SMILES string of the molecule is CCC.CNc1cc(-c2ccc(CO)cc2)ccn1. The van der Waals surface area contributed by atoms with Crippen molar-refractivity contribution >= 4 is 5.82 Å². The van der Waals surface area contributed by atoms with Crippen LogP contribution in [-0.4, -0.2) is 17.1 Å². The molecule has 0 aliphatic carbocycles. The van der Waals surface area contributed by atoms with Gasteiger partial charge in [-0.15, -0.1) is 0 Å². The van der Waals surface area contributed by atoms with Crippen LogP contribution in [0.5, 0.6) is 0 Å². The summed E-state index contributed by atoms with van der Waals surface area (Å²) in [5.41, 5.74) is 3.16. The molecule has 0 aliphatic rings. The average Bonchev–Trinajstić information content (AvgIpc) is 2.48. The predicted octanol–water partition coefficient (Wildman–Crippen LogP) is 3.70. The van der Waals surface area contributed by atoms with Crippen LogP contribution in [-0.2, 0) is 6.61 Å². The first-order chi connectivity index (χ1) is 9.24. The number of pyridine rings is 1.